The summed E-state index contributed by atoms with van der Waals surface area (Å²) in [6.45, 7) is 13.8. The Morgan fingerprint density at radius 1 is 0.645 bits per heavy atom. The summed E-state index contributed by atoms with van der Waals surface area (Å²) in [5.74, 6) is 0. The molecule has 0 saturated heterocycles. The molecule has 0 fully saturated rings. The van der Waals surface area contributed by atoms with E-state index >= 15 is 0 Å². The van der Waals surface area contributed by atoms with Gasteiger partial charge < -0.3 is 0 Å². The van der Waals surface area contributed by atoms with Crippen LogP contribution in [0.25, 0.3) is 0 Å². The molecular formula is C30H34Si. The van der Waals surface area contributed by atoms with E-state index in [2.05, 4.69) is 126 Å². The first-order chi connectivity index (χ1) is 14.7. The molecule has 0 unspecified atom stereocenters. The SMILES string of the molecule is Cc1cccc([Si](C2=C(C(C)(C)C)C=CC2)(c2cccc(C)c2)c2cccc(C)c2)c1. The van der Waals surface area contributed by atoms with Crippen molar-refractivity contribution in [2.24, 2.45) is 5.41 Å². The quantitative estimate of drug-likeness (QED) is 0.361. The van der Waals surface area contributed by atoms with E-state index in [1.807, 2.05) is 0 Å². The van der Waals surface area contributed by atoms with E-state index in [-0.39, 0.29) is 5.41 Å². The van der Waals surface area contributed by atoms with Crippen LogP contribution in [0, 0.1) is 26.2 Å². The van der Waals surface area contributed by atoms with Crippen LogP contribution in [0.3, 0.4) is 0 Å². The number of aryl methyl sites for hydroxylation is 3. The molecule has 3 aromatic carbocycles. The van der Waals surface area contributed by atoms with Crippen LogP contribution in [0.5, 0.6) is 0 Å². The van der Waals surface area contributed by atoms with Crippen LogP contribution in [0.1, 0.15) is 43.9 Å². The second-order valence-electron chi connectivity index (χ2n) is 10.1. The van der Waals surface area contributed by atoms with E-state index in [1.54, 1.807) is 5.20 Å². The van der Waals surface area contributed by atoms with Crippen molar-refractivity contribution in [2.45, 2.75) is 48.0 Å². The van der Waals surface area contributed by atoms with E-state index in [0.29, 0.717) is 0 Å². The van der Waals surface area contributed by atoms with E-state index in [4.69, 9.17) is 0 Å². The van der Waals surface area contributed by atoms with Crippen molar-refractivity contribution in [3.05, 3.63) is 112 Å². The van der Waals surface area contributed by atoms with Gasteiger partial charge in [-0.15, -0.1) is 0 Å². The average Bonchev–Trinajstić information content (AvgIpc) is 3.20. The Morgan fingerprint density at radius 2 is 1.06 bits per heavy atom. The summed E-state index contributed by atoms with van der Waals surface area (Å²) in [6.07, 6.45) is 5.83. The van der Waals surface area contributed by atoms with Gasteiger partial charge in [0.15, 0.2) is 8.07 Å². The summed E-state index contributed by atoms with van der Waals surface area (Å²) >= 11 is 0. The fraction of sp³-hybridized carbons (Fsp3) is 0.267. The largest absolute Gasteiger partial charge is 0.176 e. The fourth-order valence-electron chi connectivity index (χ4n) is 5.22. The summed E-state index contributed by atoms with van der Waals surface area (Å²) in [6, 6.07) is 27.9. The zero-order chi connectivity index (χ0) is 22.2. The molecule has 0 aliphatic heterocycles. The third kappa shape index (κ3) is 3.88. The van der Waals surface area contributed by atoms with Gasteiger partial charge in [0.05, 0.1) is 0 Å². The van der Waals surface area contributed by atoms with Crippen LogP contribution in [-0.2, 0) is 0 Å². The number of allylic oxidation sites excluding steroid dienone is 4. The van der Waals surface area contributed by atoms with Crippen molar-refractivity contribution in [3.63, 3.8) is 0 Å². The normalized spacial score (nSPS) is 14.4. The van der Waals surface area contributed by atoms with Gasteiger partial charge in [0.1, 0.15) is 0 Å². The van der Waals surface area contributed by atoms with Gasteiger partial charge >= 0.3 is 0 Å². The summed E-state index contributed by atoms with van der Waals surface area (Å²) in [5.41, 5.74) is 5.62. The van der Waals surface area contributed by atoms with Gasteiger partial charge in [-0.05, 0) is 53.7 Å². The lowest BCUT2D eigenvalue weighted by molar-refractivity contribution is 0.516. The Labute approximate surface area is 189 Å². The zero-order valence-electron chi connectivity index (χ0n) is 19.8. The van der Waals surface area contributed by atoms with Crippen LogP contribution in [-0.4, -0.2) is 8.07 Å². The van der Waals surface area contributed by atoms with Crippen LogP contribution in [0.4, 0.5) is 0 Å². The second kappa shape index (κ2) is 8.13. The minimum absolute atomic E-state index is 0.109. The van der Waals surface area contributed by atoms with Gasteiger partial charge in [0, 0.05) is 0 Å². The zero-order valence-corrected chi connectivity index (χ0v) is 20.8. The fourth-order valence-corrected chi connectivity index (χ4v) is 10.9. The molecule has 0 radical (unpaired) electrons. The highest BCUT2D eigenvalue weighted by Crippen LogP contribution is 2.38. The molecule has 0 spiro atoms. The number of hydrogen-bond acceptors (Lipinski definition) is 0. The Hall–Kier alpha value is -2.64. The highest BCUT2D eigenvalue weighted by atomic mass is 28.3. The summed E-state index contributed by atoms with van der Waals surface area (Å²) < 4.78 is 0. The lowest BCUT2D eigenvalue weighted by atomic mass is 9.87. The van der Waals surface area contributed by atoms with E-state index in [1.165, 1.54) is 37.8 Å². The first-order valence-electron chi connectivity index (χ1n) is 11.3. The van der Waals surface area contributed by atoms with Crippen LogP contribution < -0.4 is 15.6 Å². The topological polar surface area (TPSA) is 0 Å². The third-order valence-electron chi connectivity index (χ3n) is 6.55. The first-order valence-corrected chi connectivity index (χ1v) is 13.3. The maximum Gasteiger partial charge on any atom is 0.176 e. The molecule has 4 rings (SSSR count). The van der Waals surface area contributed by atoms with Crippen LogP contribution in [0.2, 0.25) is 0 Å². The molecule has 0 nitrogen and oxygen atoms in total. The molecule has 1 heteroatoms. The van der Waals surface area contributed by atoms with Crippen LogP contribution in [0.15, 0.2) is 95.7 Å². The standard InChI is InChI=1S/C30H34Si/c1-22-11-7-14-25(19-22)31(26-15-8-12-23(2)20-26,27-16-9-13-24(3)21-27)29-18-10-17-28(29)30(4,5)6/h7-17,19-21H,18H2,1-6H3. The van der Waals surface area contributed by atoms with Crippen molar-refractivity contribution in [3.8, 4) is 0 Å². The van der Waals surface area contributed by atoms with Crippen LogP contribution >= 0.6 is 0 Å². The molecule has 0 saturated carbocycles. The molecule has 0 N–H and O–H groups in total. The predicted molar refractivity (Wildman–Crippen MR) is 138 cm³/mol. The number of rotatable bonds is 4. The molecule has 0 atom stereocenters. The minimum Gasteiger partial charge on any atom is -0.0805 e. The second-order valence-corrected chi connectivity index (χ2v) is 13.9. The summed E-state index contributed by atoms with van der Waals surface area (Å²) in [4.78, 5) is 0. The Balaban J connectivity index is 2.20. The molecule has 158 valence electrons. The summed E-state index contributed by atoms with van der Waals surface area (Å²) in [7, 11) is -2.44. The highest BCUT2D eigenvalue weighted by Gasteiger charge is 2.46. The van der Waals surface area contributed by atoms with Gasteiger partial charge in [-0.25, -0.2) is 0 Å². The lowest BCUT2D eigenvalue weighted by Crippen LogP contribution is -2.69. The predicted octanol–water partition coefficient (Wildman–Crippen LogP) is 5.92. The maximum absolute atomic E-state index is 2.45. The molecule has 1 aliphatic carbocycles. The maximum atomic E-state index is 2.45. The van der Waals surface area contributed by atoms with Gasteiger partial charge in [-0.3, -0.25) is 0 Å². The van der Waals surface area contributed by atoms with Crippen molar-refractivity contribution in [1.82, 2.24) is 0 Å². The summed E-state index contributed by atoms with van der Waals surface area (Å²) in [5, 5.41) is 6.11. The van der Waals surface area contributed by atoms with Crippen molar-refractivity contribution < 1.29 is 0 Å². The number of benzene rings is 3. The van der Waals surface area contributed by atoms with Crippen molar-refractivity contribution in [1.29, 1.82) is 0 Å². The Morgan fingerprint density at radius 3 is 1.42 bits per heavy atom. The molecule has 0 heterocycles. The minimum atomic E-state index is -2.44. The van der Waals surface area contributed by atoms with Crippen molar-refractivity contribution >= 4 is 23.6 Å². The van der Waals surface area contributed by atoms with Gasteiger partial charge in [-0.2, -0.15) is 0 Å². The number of hydrogen-bond donors (Lipinski definition) is 0. The molecule has 3 aromatic rings. The third-order valence-corrected chi connectivity index (χ3v) is 11.5. The monoisotopic (exact) mass is 422 g/mol. The van der Waals surface area contributed by atoms with Gasteiger partial charge in [0.25, 0.3) is 0 Å². The molecule has 31 heavy (non-hydrogen) atoms. The average molecular weight is 423 g/mol. The van der Waals surface area contributed by atoms with E-state index in [0.717, 1.165) is 6.42 Å². The van der Waals surface area contributed by atoms with E-state index < -0.39 is 8.07 Å². The smallest absolute Gasteiger partial charge is 0.0805 e. The lowest BCUT2D eigenvalue weighted by Gasteiger charge is -2.39. The highest BCUT2D eigenvalue weighted by molar-refractivity contribution is 7.16. The Kier molecular flexibility index (Phi) is 5.66. The molecule has 0 bridgehead atoms. The first kappa shape index (κ1) is 21.6. The Bertz CT molecular complexity index is 1060. The van der Waals surface area contributed by atoms with Gasteiger partial charge in [-0.1, -0.05) is 128 Å². The molecule has 0 aromatic heterocycles. The molecule has 1 aliphatic rings. The van der Waals surface area contributed by atoms with Gasteiger partial charge in [0.2, 0.25) is 0 Å². The molecule has 0 amide bonds. The van der Waals surface area contributed by atoms with E-state index in [9.17, 15) is 0 Å². The van der Waals surface area contributed by atoms with Crippen molar-refractivity contribution in [2.75, 3.05) is 0 Å². The molecular weight excluding hydrogens is 388 g/mol.